The number of hydrogen-bond acceptors (Lipinski definition) is 4. The third-order valence-corrected chi connectivity index (χ3v) is 5.20. The van der Waals surface area contributed by atoms with Gasteiger partial charge in [-0.05, 0) is 25.0 Å². The SMILES string of the molecule is Clc1ccc(CN2CCc3nc(C4CC4)ncc3C2)s1. The summed E-state index contributed by atoms with van der Waals surface area (Å²) in [5.41, 5.74) is 2.56. The molecule has 5 heteroatoms. The molecule has 1 aliphatic carbocycles. The highest BCUT2D eigenvalue weighted by Crippen LogP contribution is 2.38. The minimum atomic E-state index is 0.645. The zero-order chi connectivity index (χ0) is 13.5. The molecule has 3 nitrogen and oxygen atoms in total. The van der Waals surface area contributed by atoms with Crippen LogP contribution in [0.3, 0.4) is 0 Å². The number of hydrogen-bond donors (Lipinski definition) is 0. The highest BCUT2D eigenvalue weighted by molar-refractivity contribution is 7.16. The first-order valence-electron chi connectivity index (χ1n) is 7.09. The fraction of sp³-hybridized carbons (Fsp3) is 0.467. The van der Waals surface area contributed by atoms with E-state index in [4.69, 9.17) is 16.6 Å². The second-order valence-corrected chi connectivity index (χ2v) is 7.44. The highest BCUT2D eigenvalue weighted by Gasteiger charge is 2.28. The van der Waals surface area contributed by atoms with Crippen LogP contribution in [0.1, 0.15) is 40.7 Å². The number of thiophene rings is 1. The summed E-state index contributed by atoms with van der Waals surface area (Å²) in [6.07, 6.45) is 5.62. The Kier molecular flexibility index (Phi) is 3.25. The van der Waals surface area contributed by atoms with E-state index in [0.717, 1.165) is 36.2 Å². The van der Waals surface area contributed by atoms with Crippen molar-refractivity contribution in [1.82, 2.24) is 14.9 Å². The van der Waals surface area contributed by atoms with Crippen molar-refractivity contribution in [1.29, 1.82) is 0 Å². The van der Waals surface area contributed by atoms with Gasteiger partial charge in [-0.15, -0.1) is 11.3 Å². The summed E-state index contributed by atoms with van der Waals surface area (Å²) in [5.74, 6) is 1.72. The molecule has 0 amide bonds. The first-order valence-corrected chi connectivity index (χ1v) is 8.28. The van der Waals surface area contributed by atoms with E-state index in [9.17, 15) is 0 Å². The Morgan fingerprint density at radius 3 is 3.00 bits per heavy atom. The van der Waals surface area contributed by atoms with E-state index >= 15 is 0 Å². The molecule has 1 fully saturated rings. The second-order valence-electron chi connectivity index (χ2n) is 5.64. The average Bonchev–Trinajstić information content (AvgIpc) is 3.22. The molecule has 0 N–H and O–H groups in total. The van der Waals surface area contributed by atoms with Gasteiger partial charge in [0.2, 0.25) is 0 Å². The Morgan fingerprint density at radius 1 is 1.35 bits per heavy atom. The molecule has 1 saturated carbocycles. The van der Waals surface area contributed by atoms with E-state index in [1.807, 2.05) is 12.3 Å². The van der Waals surface area contributed by atoms with Crippen molar-refractivity contribution in [3.63, 3.8) is 0 Å². The second kappa shape index (κ2) is 5.10. The number of fused-ring (bicyclic) bond motifs is 1. The molecular formula is C15H16ClN3S. The molecule has 3 heterocycles. The van der Waals surface area contributed by atoms with Gasteiger partial charge in [-0.2, -0.15) is 0 Å². The van der Waals surface area contributed by atoms with E-state index in [2.05, 4.69) is 16.0 Å². The van der Waals surface area contributed by atoms with E-state index in [-0.39, 0.29) is 0 Å². The molecule has 1 aliphatic heterocycles. The van der Waals surface area contributed by atoms with Crippen molar-refractivity contribution in [3.05, 3.63) is 44.6 Å². The highest BCUT2D eigenvalue weighted by atomic mass is 35.5. The van der Waals surface area contributed by atoms with E-state index < -0.39 is 0 Å². The van der Waals surface area contributed by atoms with E-state index in [1.54, 1.807) is 11.3 Å². The van der Waals surface area contributed by atoms with Gasteiger partial charge in [0, 0.05) is 54.3 Å². The molecule has 104 valence electrons. The maximum atomic E-state index is 5.99. The lowest BCUT2D eigenvalue weighted by Gasteiger charge is -2.27. The van der Waals surface area contributed by atoms with Crippen LogP contribution in [0.4, 0.5) is 0 Å². The summed E-state index contributed by atoms with van der Waals surface area (Å²) in [6.45, 7) is 3.00. The first-order chi connectivity index (χ1) is 9.78. The van der Waals surface area contributed by atoms with Gasteiger partial charge in [-0.25, -0.2) is 9.97 Å². The first kappa shape index (κ1) is 12.7. The minimum Gasteiger partial charge on any atom is -0.293 e. The third-order valence-electron chi connectivity index (χ3n) is 3.98. The number of aromatic nitrogens is 2. The Balaban J connectivity index is 1.48. The molecule has 4 rings (SSSR count). The molecule has 2 aliphatic rings. The molecule has 0 bridgehead atoms. The monoisotopic (exact) mass is 305 g/mol. The van der Waals surface area contributed by atoms with Crippen LogP contribution in [0.25, 0.3) is 0 Å². The average molecular weight is 306 g/mol. The van der Waals surface area contributed by atoms with Gasteiger partial charge < -0.3 is 0 Å². The number of nitrogens with zero attached hydrogens (tertiary/aromatic N) is 3. The lowest BCUT2D eigenvalue weighted by molar-refractivity contribution is 0.244. The summed E-state index contributed by atoms with van der Waals surface area (Å²) >= 11 is 7.66. The number of halogens is 1. The zero-order valence-electron chi connectivity index (χ0n) is 11.2. The van der Waals surface area contributed by atoms with Crippen LogP contribution in [0.5, 0.6) is 0 Å². The molecule has 0 radical (unpaired) electrons. The van der Waals surface area contributed by atoms with Gasteiger partial charge in [0.25, 0.3) is 0 Å². The largest absolute Gasteiger partial charge is 0.293 e. The van der Waals surface area contributed by atoms with Crippen LogP contribution in [-0.2, 0) is 19.5 Å². The van der Waals surface area contributed by atoms with Crippen molar-refractivity contribution < 1.29 is 0 Å². The summed E-state index contributed by atoms with van der Waals surface area (Å²) in [6, 6.07) is 4.10. The molecule has 0 atom stereocenters. The Bertz CT molecular complexity index is 636. The normalized spacial score (nSPS) is 19.1. The van der Waals surface area contributed by atoms with Crippen LogP contribution in [-0.4, -0.2) is 21.4 Å². The van der Waals surface area contributed by atoms with E-state index in [1.165, 1.54) is 29.0 Å². The summed E-state index contributed by atoms with van der Waals surface area (Å²) < 4.78 is 0.870. The number of rotatable bonds is 3. The predicted octanol–water partition coefficient (Wildman–Crippen LogP) is 3.63. The van der Waals surface area contributed by atoms with Gasteiger partial charge in [-0.1, -0.05) is 11.6 Å². The molecular weight excluding hydrogens is 290 g/mol. The minimum absolute atomic E-state index is 0.645. The van der Waals surface area contributed by atoms with Gasteiger partial charge in [0.05, 0.1) is 4.34 Å². The Morgan fingerprint density at radius 2 is 2.25 bits per heavy atom. The molecule has 0 aromatic carbocycles. The van der Waals surface area contributed by atoms with Crippen LogP contribution < -0.4 is 0 Å². The third kappa shape index (κ3) is 2.60. The van der Waals surface area contributed by atoms with Crippen molar-refractivity contribution >= 4 is 22.9 Å². The van der Waals surface area contributed by atoms with Crippen LogP contribution in [0.2, 0.25) is 4.34 Å². The summed E-state index contributed by atoms with van der Waals surface area (Å²) in [7, 11) is 0. The molecule has 2 aromatic heterocycles. The van der Waals surface area contributed by atoms with Gasteiger partial charge in [0.15, 0.2) is 0 Å². The van der Waals surface area contributed by atoms with Crippen LogP contribution >= 0.6 is 22.9 Å². The molecule has 2 aromatic rings. The fourth-order valence-electron chi connectivity index (χ4n) is 2.72. The van der Waals surface area contributed by atoms with E-state index in [0.29, 0.717) is 5.92 Å². The van der Waals surface area contributed by atoms with Crippen molar-refractivity contribution in [2.24, 2.45) is 0 Å². The maximum Gasteiger partial charge on any atom is 0.131 e. The summed E-state index contributed by atoms with van der Waals surface area (Å²) in [4.78, 5) is 13.1. The van der Waals surface area contributed by atoms with Crippen molar-refractivity contribution in [2.45, 2.75) is 38.3 Å². The molecule has 0 saturated heterocycles. The summed E-state index contributed by atoms with van der Waals surface area (Å²) in [5, 5.41) is 0. The quantitative estimate of drug-likeness (QED) is 0.867. The fourth-order valence-corrected chi connectivity index (χ4v) is 3.85. The van der Waals surface area contributed by atoms with Crippen LogP contribution in [0.15, 0.2) is 18.3 Å². The predicted molar refractivity (Wildman–Crippen MR) is 81.2 cm³/mol. The zero-order valence-corrected chi connectivity index (χ0v) is 12.8. The smallest absolute Gasteiger partial charge is 0.131 e. The molecule has 20 heavy (non-hydrogen) atoms. The Hall–Kier alpha value is -0.970. The lowest BCUT2D eigenvalue weighted by Crippen LogP contribution is -2.30. The lowest BCUT2D eigenvalue weighted by atomic mass is 10.1. The van der Waals surface area contributed by atoms with Crippen molar-refractivity contribution in [3.8, 4) is 0 Å². The van der Waals surface area contributed by atoms with Crippen molar-refractivity contribution in [2.75, 3.05) is 6.54 Å². The Labute approximate surface area is 127 Å². The van der Waals surface area contributed by atoms with Crippen LogP contribution in [0, 0.1) is 0 Å². The standard InChI is InChI=1S/C15H16ClN3S/c16-14-4-3-12(20-14)9-19-6-5-13-11(8-19)7-17-15(18-13)10-1-2-10/h3-4,7,10H,1-2,5-6,8-9H2. The maximum absolute atomic E-state index is 5.99. The molecule has 0 spiro atoms. The van der Waals surface area contributed by atoms with Gasteiger partial charge in [-0.3, -0.25) is 4.90 Å². The molecule has 0 unspecified atom stereocenters. The van der Waals surface area contributed by atoms with Gasteiger partial charge in [0.1, 0.15) is 5.82 Å². The topological polar surface area (TPSA) is 29.0 Å². The van der Waals surface area contributed by atoms with Gasteiger partial charge >= 0.3 is 0 Å².